The first-order valence-electron chi connectivity index (χ1n) is 8.42. The van der Waals surface area contributed by atoms with E-state index in [2.05, 4.69) is 4.90 Å². The molecule has 21 heavy (non-hydrogen) atoms. The quantitative estimate of drug-likeness (QED) is 0.909. The van der Waals surface area contributed by atoms with E-state index >= 15 is 0 Å². The van der Waals surface area contributed by atoms with Gasteiger partial charge in [0.2, 0.25) is 0 Å². The van der Waals surface area contributed by atoms with E-state index in [1.807, 2.05) is 0 Å². The topological polar surface area (TPSA) is 23.5 Å². The van der Waals surface area contributed by atoms with Crippen LogP contribution in [0.4, 0.5) is 4.39 Å². The maximum absolute atomic E-state index is 13.7. The number of fused-ring (bicyclic) bond motifs is 1. The number of aliphatic hydroxyl groups is 1. The number of halogens is 1. The normalized spacial score (nSPS) is 28.1. The van der Waals surface area contributed by atoms with E-state index in [9.17, 15) is 9.50 Å². The van der Waals surface area contributed by atoms with Crippen LogP contribution in [0, 0.1) is 11.7 Å². The Morgan fingerprint density at radius 1 is 1.14 bits per heavy atom. The van der Waals surface area contributed by atoms with Gasteiger partial charge in [-0.1, -0.05) is 31.0 Å². The maximum Gasteiger partial charge on any atom is 0.128 e. The Morgan fingerprint density at radius 3 is 2.76 bits per heavy atom. The Labute approximate surface area is 127 Å². The van der Waals surface area contributed by atoms with Crippen LogP contribution in [-0.2, 0) is 0 Å². The van der Waals surface area contributed by atoms with Gasteiger partial charge >= 0.3 is 0 Å². The third-order valence-corrected chi connectivity index (χ3v) is 5.31. The first-order valence-corrected chi connectivity index (χ1v) is 8.42. The summed E-state index contributed by atoms with van der Waals surface area (Å²) in [6, 6.07) is 7.29. The molecule has 1 N–H and O–H groups in total. The first kappa shape index (κ1) is 15.0. The van der Waals surface area contributed by atoms with Crippen LogP contribution in [0.25, 0.3) is 0 Å². The van der Waals surface area contributed by atoms with Crippen molar-refractivity contribution >= 4 is 0 Å². The molecule has 1 aromatic rings. The van der Waals surface area contributed by atoms with Gasteiger partial charge in [-0.05, 0) is 50.6 Å². The molecule has 3 atom stereocenters. The molecule has 1 saturated carbocycles. The molecule has 1 heterocycles. The summed E-state index contributed by atoms with van der Waals surface area (Å²) in [6.45, 7) is 2.03. The highest BCUT2D eigenvalue weighted by molar-refractivity contribution is 5.19. The Morgan fingerprint density at radius 2 is 1.90 bits per heavy atom. The van der Waals surface area contributed by atoms with E-state index in [0.29, 0.717) is 18.0 Å². The molecule has 0 amide bonds. The summed E-state index contributed by atoms with van der Waals surface area (Å²) in [5, 5.41) is 10.3. The number of piperidine rings is 1. The van der Waals surface area contributed by atoms with Gasteiger partial charge in [-0.15, -0.1) is 0 Å². The van der Waals surface area contributed by atoms with Gasteiger partial charge in [-0.2, -0.15) is 0 Å². The fourth-order valence-electron chi connectivity index (χ4n) is 4.19. The van der Waals surface area contributed by atoms with E-state index in [4.69, 9.17) is 0 Å². The van der Waals surface area contributed by atoms with Crippen LogP contribution in [0.2, 0.25) is 0 Å². The molecule has 1 aliphatic carbocycles. The van der Waals surface area contributed by atoms with Crippen molar-refractivity contribution < 1.29 is 9.50 Å². The summed E-state index contributed by atoms with van der Waals surface area (Å²) in [5.41, 5.74) is 0.440. The zero-order chi connectivity index (χ0) is 14.7. The SMILES string of the molecule is OC(CCN1CCCC2CCCCC21)c1ccccc1F. The molecule has 2 nitrogen and oxygen atoms in total. The van der Waals surface area contributed by atoms with Crippen molar-refractivity contribution in [2.24, 2.45) is 5.92 Å². The van der Waals surface area contributed by atoms with Gasteiger partial charge in [0.1, 0.15) is 5.82 Å². The zero-order valence-corrected chi connectivity index (χ0v) is 12.7. The third-order valence-electron chi connectivity index (χ3n) is 5.31. The third kappa shape index (κ3) is 3.46. The van der Waals surface area contributed by atoms with Crippen molar-refractivity contribution in [2.45, 2.75) is 57.1 Å². The molecular formula is C18H26FNO. The van der Waals surface area contributed by atoms with Crippen molar-refractivity contribution in [1.82, 2.24) is 4.90 Å². The van der Waals surface area contributed by atoms with Crippen LogP contribution in [-0.4, -0.2) is 29.1 Å². The lowest BCUT2D eigenvalue weighted by Gasteiger charge is -2.44. The highest BCUT2D eigenvalue weighted by Crippen LogP contribution is 2.35. The standard InChI is InChI=1S/C18H26FNO/c19-16-9-3-2-8-15(16)18(21)11-13-20-12-5-7-14-6-1-4-10-17(14)20/h2-3,8-9,14,17-18,21H,1,4-7,10-13H2. The van der Waals surface area contributed by atoms with Crippen molar-refractivity contribution in [3.05, 3.63) is 35.6 Å². The second-order valence-corrected chi connectivity index (χ2v) is 6.62. The van der Waals surface area contributed by atoms with Crippen LogP contribution in [0.5, 0.6) is 0 Å². The second-order valence-electron chi connectivity index (χ2n) is 6.62. The van der Waals surface area contributed by atoms with Gasteiger partial charge in [0.25, 0.3) is 0 Å². The van der Waals surface area contributed by atoms with E-state index in [0.717, 1.165) is 19.0 Å². The molecule has 2 fully saturated rings. The molecule has 1 aliphatic heterocycles. The summed E-state index contributed by atoms with van der Waals surface area (Å²) < 4.78 is 13.7. The predicted molar refractivity (Wildman–Crippen MR) is 82.5 cm³/mol. The van der Waals surface area contributed by atoms with Crippen LogP contribution < -0.4 is 0 Å². The summed E-state index contributed by atoms with van der Waals surface area (Å²) >= 11 is 0. The van der Waals surface area contributed by atoms with E-state index in [1.165, 1.54) is 44.6 Å². The van der Waals surface area contributed by atoms with E-state index in [-0.39, 0.29) is 5.82 Å². The number of aliphatic hydroxyl groups excluding tert-OH is 1. The zero-order valence-electron chi connectivity index (χ0n) is 12.7. The van der Waals surface area contributed by atoms with Crippen LogP contribution in [0.1, 0.15) is 56.6 Å². The summed E-state index contributed by atoms with van der Waals surface area (Å²) in [7, 11) is 0. The molecule has 3 unspecified atom stereocenters. The van der Waals surface area contributed by atoms with Gasteiger partial charge in [-0.3, -0.25) is 0 Å². The molecular weight excluding hydrogens is 265 g/mol. The van der Waals surface area contributed by atoms with Gasteiger partial charge in [0.05, 0.1) is 6.10 Å². The number of likely N-dealkylation sites (tertiary alicyclic amines) is 1. The summed E-state index contributed by atoms with van der Waals surface area (Å²) in [4.78, 5) is 2.55. The molecule has 0 spiro atoms. The number of hydrogen-bond acceptors (Lipinski definition) is 2. The molecule has 0 radical (unpaired) electrons. The molecule has 3 rings (SSSR count). The Bertz CT molecular complexity index is 462. The van der Waals surface area contributed by atoms with Gasteiger partial charge in [-0.25, -0.2) is 4.39 Å². The lowest BCUT2D eigenvalue weighted by molar-refractivity contribution is 0.0451. The number of benzene rings is 1. The highest BCUT2D eigenvalue weighted by Gasteiger charge is 2.33. The minimum atomic E-state index is -0.685. The molecule has 1 aromatic carbocycles. The molecule has 1 saturated heterocycles. The molecule has 0 aromatic heterocycles. The van der Waals surface area contributed by atoms with Gasteiger partial charge < -0.3 is 10.0 Å². The number of nitrogens with zero attached hydrogens (tertiary/aromatic N) is 1. The van der Waals surface area contributed by atoms with Crippen molar-refractivity contribution in [3.8, 4) is 0 Å². The maximum atomic E-state index is 13.7. The molecule has 2 aliphatic rings. The van der Waals surface area contributed by atoms with Crippen molar-refractivity contribution in [1.29, 1.82) is 0 Å². The van der Waals surface area contributed by atoms with Gasteiger partial charge in [0, 0.05) is 18.2 Å². The largest absolute Gasteiger partial charge is 0.388 e. The minimum absolute atomic E-state index is 0.292. The fraction of sp³-hybridized carbons (Fsp3) is 0.667. The van der Waals surface area contributed by atoms with Gasteiger partial charge in [0.15, 0.2) is 0 Å². The number of hydrogen-bond donors (Lipinski definition) is 1. The second kappa shape index (κ2) is 6.89. The Kier molecular flexibility index (Phi) is 4.91. The van der Waals surface area contributed by atoms with Crippen LogP contribution >= 0.6 is 0 Å². The average molecular weight is 291 g/mol. The smallest absolute Gasteiger partial charge is 0.128 e. The van der Waals surface area contributed by atoms with Crippen molar-refractivity contribution in [3.63, 3.8) is 0 Å². The van der Waals surface area contributed by atoms with E-state index in [1.54, 1.807) is 18.2 Å². The Balaban J connectivity index is 1.58. The minimum Gasteiger partial charge on any atom is -0.388 e. The summed E-state index contributed by atoms with van der Waals surface area (Å²) in [5.74, 6) is 0.567. The van der Waals surface area contributed by atoms with E-state index < -0.39 is 6.10 Å². The predicted octanol–water partition coefficient (Wildman–Crippen LogP) is 3.90. The lowest BCUT2D eigenvalue weighted by atomic mass is 9.78. The lowest BCUT2D eigenvalue weighted by Crippen LogP contribution is -2.47. The fourth-order valence-corrected chi connectivity index (χ4v) is 4.19. The van der Waals surface area contributed by atoms with Crippen molar-refractivity contribution in [2.75, 3.05) is 13.1 Å². The first-order chi connectivity index (χ1) is 10.3. The highest BCUT2D eigenvalue weighted by atomic mass is 19.1. The van der Waals surface area contributed by atoms with Crippen LogP contribution in [0.3, 0.4) is 0 Å². The Hall–Kier alpha value is -0.930. The number of rotatable bonds is 4. The molecule has 0 bridgehead atoms. The average Bonchev–Trinajstić information content (AvgIpc) is 2.53. The summed E-state index contributed by atoms with van der Waals surface area (Å²) in [6.07, 6.45) is 7.99. The monoisotopic (exact) mass is 291 g/mol. The molecule has 116 valence electrons. The molecule has 3 heteroatoms. The van der Waals surface area contributed by atoms with Crippen LogP contribution in [0.15, 0.2) is 24.3 Å².